The van der Waals surface area contributed by atoms with Crippen molar-refractivity contribution in [1.29, 1.82) is 0 Å². The van der Waals surface area contributed by atoms with Crippen LogP contribution in [0, 0.1) is 0 Å². The molecule has 3 N–H and O–H groups in total. The fraction of sp³-hybridized carbons (Fsp3) is 0.529. The van der Waals surface area contributed by atoms with E-state index in [1.165, 1.54) is 16.4 Å². The number of thioether (sulfide) groups is 1. The predicted molar refractivity (Wildman–Crippen MR) is 101 cm³/mol. The number of rotatable bonds is 5. The molecule has 2 saturated heterocycles. The quantitative estimate of drug-likeness (QED) is 0.570. The number of nitrogen functional groups attached to an aromatic ring is 1. The van der Waals surface area contributed by atoms with Gasteiger partial charge in [0.15, 0.2) is 5.82 Å². The van der Waals surface area contributed by atoms with E-state index >= 15 is 0 Å². The zero-order valence-corrected chi connectivity index (χ0v) is 15.9. The number of ether oxygens (including phenoxy) is 1. The van der Waals surface area contributed by atoms with Gasteiger partial charge in [0, 0.05) is 12.7 Å². The van der Waals surface area contributed by atoms with Crippen molar-refractivity contribution < 1.29 is 14.5 Å². The van der Waals surface area contributed by atoms with Crippen molar-refractivity contribution in [3.05, 3.63) is 30.2 Å². The van der Waals surface area contributed by atoms with Crippen LogP contribution < -0.4 is 15.7 Å². The van der Waals surface area contributed by atoms with E-state index in [9.17, 15) is 4.79 Å². The van der Waals surface area contributed by atoms with E-state index in [0.29, 0.717) is 29.8 Å². The van der Waals surface area contributed by atoms with Crippen LogP contribution in [0.5, 0.6) is 0 Å². The zero-order valence-electron chi connectivity index (χ0n) is 15.1. The van der Waals surface area contributed by atoms with Crippen molar-refractivity contribution >= 4 is 23.5 Å². The standard InChI is InChI=1S/C17H23N7O2S/c18-24-16(13-4-3-11-26-13)20-21-17(24)27-12-15(25)23-9-7-22(8-10-23)14-5-1-2-6-19-14/h1-2,5-6,13H,3-4,7-12,18H2/p+1/t13-/m1/s1. The first-order valence-corrected chi connectivity index (χ1v) is 10.1. The molecule has 9 nitrogen and oxygen atoms in total. The van der Waals surface area contributed by atoms with Crippen LogP contribution in [0.15, 0.2) is 29.6 Å². The number of nitrogens with two attached hydrogens (primary N) is 1. The normalized spacial score (nSPS) is 20.2. The molecular formula is C17H24N7O2S+. The molecular weight excluding hydrogens is 366 g/mol. The van der Waals surface area contributed by atoms with Crippen LogP contribution in [0.25, 0.3) is 0 Å². The minimum atomic E-state index is -0.0876. The van der Waals surface area contributed by atoms with Crippen molar-refractivity contribution in [2.45, 2.75) is 24.1 Å². The summed E-state index contributed by atoms with van der Waals surface area (Å²) in [6, 6.07) is 6.02. The largest absolute Gasteiger partial charge is 0.370 e. The third-order valence-corrected chi connectivity index (χ3v) is 5.83. The lowest BCUT2D eigenvalue weighted by atomic mass is 10.2. The molecule has 2 aliphatic rings. The molecule has 1 atom stereocenters. The molecule has 4 rings (SSSR count). The summed E-state index contributed by atoms with van der Waals surface area (Å²) in [6.45, 7) is 3.77. The number of hydrogen-bond donors (Lipinski definition) is 1. The van der Waals surface area contributed by atoms with Gasteiger partial charge >= 0.3 is 0 Å². The second kappa shape index (κ2) is 8.13. The molecule has 2 aromatic heterocycles. The molecule has 1 amide bonds. The summed E-state index contributed by atoms with van der Waals surface area (Å²) in [6.07, 6.45) is 3.74. The minimum Gasteiger partial charge on any atom is -0.370 e. The Bertz CT molecular complexity index is 771. The summed E-state index contributed by atoms with van der Waals surface area (Å²) < 4.78 is 7.06. The summed E-state index contributed by atoms with van der Waals surface area (Å²) in [7, 11) is 0. The van der Waals surface area contributed by atoms with Gasteiger partial charge in [-0.05, 0) is 18.9 Å². The Balaban J connectivity index is 1.28. The van der Waals surface area contributed by atoms with Gasteiger partial charge in [0.2, 0.25) is 11.1 Å². The molecule has 0 aliphatic carbocycles. The number of aromatic nitrogens is 4. The summed E-state index contributed by atoms with van der Waals surface area (Å²) in [4.78, 5) is 19.9. The molecule has 0 radical (unpaired) electrons. The van der Waals surface area contributed by atoms with Crippen LogP contribution >= 0.6 is 11.8 Å². The number of nitrogens with zero attached hydrogens (tertiary/aromatic N) is 5. The molecule has 2 fully saturated rings. The van der Waals surface area contributed by atoms with Crippen LogP contribution in [-0.2, 0) is 9.53 Å². The highest BCUT2D eigenvalue weighted by atomic mass is 32.2. The minimum absolute atomic E-state index is 0.0876. The van der Waals surface area contributed by atoms with Gasteiger partial charge in [-0.2, -0.15) is 0 Å². The van der Waals surface area contributed by atoms with E-state index in [2.05, 4.69) is 20.1 Å². The third kappa shape index (κ3) is 4.01. The number of piperazine rings is 1. The van der Waals surface area contributed by atoms with Gasteiger partial charge in [-0.25, -0.2) is 9.66 Å². The Morgan fingerprint density at radius 1 is 1.30 bits per heavy atom. The monoisotopic (exact) mass is 390 g/mol. The SMILES string of the molecule is Nn1c(SCC(=O)N2CCN(c3cccc[nH+]3)CC2)nnc1[C@H]1CCCO1. The van der Waals surface area contributed by atoms with E-state index in [-0.39, 0.29) is 12.0 Å². The maximum absolute atomic E-state index is 12.5. The lowest BCUT2D eigenvalue weighted by Crippen LogP contribution is -2.50. The van der Waals surface area contributed by atoms with E-state index in [0.717, 1.165) is 38.4 Å². The second-order valence-corrected chi connectivity index (χ2v) is 7.56. The molecule has 10 heteroatoms. The van der Waals surface area contributed by atoms with Gasteiger partial charge in [0.25, 0.3) is 5.82 Å². The molecule has 0 spiro atoms. The first-order valence-electron chi connectivity index (χ1n) is 9.16. The number of nitrogens with one attached hydrogen (secondary N) is 1. The molecule has 0 aromatic carbocycles. The van der Waals surface area contributed by atoms with Crippen LogP contribution in [0.4, 0.5) is 5.82 Å². The molecule has 2 aliphatic heterocycles. The van der Waals surface area contributed by atoms with E-state index in [1.807, 2.05) is 29.3 Å². The number of hydrogen-bond acceptors (Lipinski definition) is 7. The Labute approximate surface area is 161 Å². The second-order valence-electron chi connectivity index (χ2n) is 6.62. The number of aromatic amines is 1. The van der Waals surface area contributed by atoms with Crippen molar-refractivity contribution in [3.63, 3.8) is 0 Å². The van der Waals surface area contributed by atoms with Gasteiger partial charge in [-0.3, -0.25) is 9.69 Å². The van der Waals surface area contributed by atoms with E-state index < -0.39 is 0 Å². The van der Waals surface area contributed by atoms with Crippen molar-refractivity contribution in [3.8, 4) is 0 Å². The van der Waals surface area contributed by atoms with Crippen LogP contribution in [0.2, 0.25) is 0 Å². The summed E-state index contributed by atoms with van der Waals surface area (Å²) in [5.41, 5.74) is 0. The van der Waals surface area contributed by atoms with E-state index in [4.69, 9.17) is 10.6 Å². The van der Waals surface area contributed by atoms with Crippen molar-refractivity contribution in [2.75, 3.05) is 49.3 Å². The Kier molecular flexibility index (Phi) is 5.44. The van der Waals surface area contributed by atoms with Crippen molar-refractivity contribution in [2.24, 2.45) is 0 Å². The Hall–Kier alpha value is -2.33. The summed E-state index contributed by atoms with van der Waals surface area (Å²) in [5, 5.41) is 8.80. The number of anilines is 1. The fourth-order valence-corrected chi connectivity index (χ4v) is 4.15. The molecule has 0 bridgehead atoms. The molecule has 2 aromatic rings. The van der Waals surface area contributed by atoms with Gasteiger partial charge in [0.1, 0.15) is 19.2 Å². The van der Waals surface area contributed by atoms with E-state index in [1.54, 1.807) is 0 Å². The first-order chi connectivity index (χ1) is 13.2. The number of carbonyl (C=O) groups excluding carboxylic acids is 1. The average Bonchev–Trinajstić information content (AvgIpc) is 3.37. The Morgan fingerprint density at radius 3 is 2.85 bits per heavy atom. The van der Waals surface area contributed by atoms with Gasteiger partial charge in [-0.15, -0.1) is 10.2 Å². The maximum atomic E-state index is 12.5. The third-order valence-electron chi connectivity index (χ3n) is 4.90. The number of pyridine rings is 1. The van der Waals surface area contributed by atoms with Crippen molar-refractivity contribution in [1.82, 2.24) is 19.8 Å². The maximum Gasteiger partial charge on any atom is 0.274 e. The zero-order chi connectivity index (χ0) is 18.6. The lowest BCUT2D eigenvalue weighted by Gasteiger charge is -2.30. The van der Waals surface area contributed by atoms with Crippen LogP contribution in [0.1, 0.15) is 24.8 Å². The predicted octanol–water partition coefficient (Wildman–Crippen LogP) is 0.0984. The smallest absolute Gasteiger partial charge is 0.274 e. The Morgan fingerprint density at radius 2 is 2.15 bits per heavy atom. The van der Waals surface area contributed by atoms with Gasteiger partial charge < -0.3 is 15.5 Å². The molecule has 27 heavy (non-hydrogen) atoms. The highest BCUT2D eigenvalue weighted by Gasteiger charge is 2.27. The first kappa shape index (κ1) is 18.1. The van der Waals surface area contributed by atoms with Crippen LogP contribution in [-0.4, -0.2) is 64.2 Å². The number of H-pyrrole nitrogens is 1. The molecule has 144 valence electrons. The summed E-state index contributed by atoms with van der Waals surface area (Å²) in [5.74, 6) is 8.20. The number of carbonyl (C=O) groups is 1. The highest BCUT2D eigenvalue weighted by Crippen LogP contribution is 2.28. The lowest BCUT2D eigenvalue weighted by molar-refractivity contribution is -0.364. The fourth-order valence-electron chi connectivity index (χ4n) is 3.38. The van der Waals surface area contributed by atoms with Crippen LogP contribution in [0.3, 0.4) is 0 Å². The molecule has 0 saturated carbocycles. The summed E-state index contributed by atoms with van der Waals surface area (Å²) >= 11 is 1.32. The number of amides is 1. The molecule has 4 heterocycles. The topological polar surface area (TPSA) is 104 Å². The molecule has 0 unspecified atom stereocenters. The van der Waals surface area contributed by atoms with Gasteiger partial charge in [-0.1, -0.05) is 17.8 Å². The van der Waals surface area contributed by atoms with Gasteiger partial charge in [0.05, 0.1) is 25.0 Å². The average molecular weight is 390 g/mol. The highest BCUT2D eigenvalue weighted by molar-refractivity contribution is 7.99.